The van der Waals surface area contributed by atoms with Crippen molar-refractivity contribution in [3.8, 4) is 0 Å². The molecular formula is C15H19N3O2. The number of ether oxygens (including phenoxy) is 1. The lowest BCUT2D eigenvalue weighted by molar-refractivity contribution is -0.133. The van der Waals surface area contributed by atoms with Crippen LogP contribution in [0.1, 0.15) is 19.4 Å². The molecule has 5 nitrogen and oxygen atoms in total. The number of carbonyl (C=O) groups is 1. The number of aromatic nitrogens is 2. The molecule has 0 aliphatic heterocycles. The molecule has 0 saturated heterocycles. The highest BCUT2D eigenvalue weighted by Crippen LogP contribution is 2.19. The van der Waals surface area contributed by atoms with Crippen LogP contribution in [0.3, 0.4) is 0 Å². The Morgan fingerprint density at radius 3 is 2.75 bits per heavy atom. The van der Waals surface area contributed by atoms with Crippen LogP contribution in [0.2, 0.25) is 0 Å². The molecule has 5 heteroatoms. The van der Waals surface area contributed by atoms with Crippen molar-refractivity contribution in [1.82, 2.24) is 9.78 Å². The van der Waals surface area contributed by atoms with Crippen LogP contribution in [0.4, 0.5) is 5.69 Å². The van der Waals surface area contributed by atoms with E-state index < -0.39 is 5.60 Å². The Labute approximate surface area is 118 Å². The normalized spacial score (nSPS) is 11.3. The van der Waals surface area contributed by atoms with Crippen LogP contribution in [0, 0.1) is 0 Å². The second-order valence-electron chi connectivity index (χ2n) is 5.03. The maximum Gasteiger partial charge on any atom is 0.256 e. The zero-order valence-electron chi connectivity index (χ0n) is 12.0. The van der Waals surface area contributed by atoms with Crippen LogP contribution in [0.25, 0.3) is 0 Å². The minimum absolute atomic E-state index is 0.173. The first-order valence-electron chi connectivity index (χ1n) is 6.45. The molecule has 1 aromatic heterocycles. The summed E-state index contributed by atoms with van der Waals surface area (Å²) < 4.78 is 7.00. The SMILES string of the molecule is COC(C)(C)C(=O)Nc1ccccc1Cn1cccn1. The van der Waals surface area contributed by atoms with E-state index in [1.165, 1.54) is 7.11 Å². The second kappa shape index (κ2) is 5.88. The summed E-state index contributed by atoms with van der Waals surface area (Å²) in [4.78, 5) is 12.2. The van der Waals surface area contributed by atoms with Crippen molar-refractivity contribution >= 4 is 11.6 Å². The average Bonchev–Trinajstić information content (AvgIpc) is 2.94. The molecule has 1 aromatic carbocycles. The molecule has 1 N–H and O–H groups in total. The highest BCUT2D eigenvalue weighted by Gasteiger charge is 2.27. The number of para-hydroxylation sites is 1. The molecule has 0 bridgehead atoms. The van der Waals surface area contributed by atoms with Crippen LogP contribution in [0.15, 0.2) is 42.7 Å². The lowest BCUT2D eigenvalue weighted by Gasteiger charge is -2.22. The van der Waals surface area contributed by atoms with Gasteiger partial charge in [-0.1, -0.05) is 18.2 Å². The molecule has 1 heterocycles. The maximum atomic E-state index is 12.2. The van der Waals surface area contributed by atoms with Crippen molar-refractivity contribution in [2.24, 2.45) is 0 Å². The summed E-state index contributed by atoms with van der Waals surface area (Å²) in [6, 6.07) is 9.55. The second-order valence-corrected chi connectivity index (χ2v) is 5.03. The van der Waals surface area contributed by atoms with Crippen LogP contribution in [-0.2, 0) is 16.1 Å². The van der Waals surface area contributed by atoms with Crippen molar-refractivity contribution < 1.29 is 9.53 Å². The quantitative estimate of drug-likeness (QED) is 0.909. The number of rotatable bonds is 5. The molecule has 0 aliphatic rings. The Bertz CT molecular complexity index is 577. The fourth-order valence-corrected chi connectivity index (χ4v) is 1.71. The van der Waals surface area contributed by atoms with Gasteiger partial charge in [-0.15, -0.1) is 0 Å². The minimum atomic E-state index is -0.862. The van der Waals surface area contributed by atoms with Gasteiger partial charge in [-0.25, -0.2) is 0 Å². The van der Waals surface area contributed by atoms with Gasteiger partial charge in [-0.05, 0) is 31.5 Å². The summed E-state index contributed by atoms with van der Waals surface area (Å²) in [6.07, 6.45) is 3.62. The third-order valence-electron chi connectivity index (χ3n) is 3.21. The predicted octanol–water partition coefficient (Wildman–Crippen LogP) is 2.29. The molecule has 0 atom stereocenters. The molecule has 0 unspecified atom stereocenters. The number of amides is 1. The average molecular weight is 273 g/mol. The van der Waals surface area contributed by atoms with Crippen LogP contribution >= 0.6 is 0 Å². The molecule has 1 amide bonds. The fourth-order valence-electron chi connectivity index (χ4n) is 1.71. The zero-order chi connectivity index (χ0) is 14.6. The molecule has 2 aromatic rings. The molecule has 2 rings (SSSR count). The van der Waals surface area contributed by atoms with Gasteiger partial charge < -0.3 is 10.1 Å². The van der Waals surface area contributed by atoms with Crippen molar-refractivity contribution in [2.75, 3.05) is 12.4 Å². The summed E-state index contributed by atoms with van der Waals surface area (Å²) in [5.74, 6) is -0.173. The molecule has 0 radical (unpaired) electrons. The van der Waals surface area contributed by atoms with Crippen molar-refractivity contribution in [2.45, 2.75) is 26.0 Å². The molecule has 0 spiro atoms. The van der Waals surface area contributed by atoms with Gasteiger partial charge in [0, 0.05) is 25.2 Å². The summed E-state index contributed by atoms with van der Waals surface area (Å²) in [7, 11) is 1.52. The first-order chi connectivity index (χ1) is 9.53. The lowest BCUT2D eigenvalue weighted by Crippen LogP contribution is -2.39. The number of nitrogens with zero attached hydrogens (tertiary/aromatic N) is 2. The van der Waals surface area contributed by atoms with Gasteiger partial charge in [0.15, 0.2) is 0 Å². The van der Waals surface area contributed by atoms with E-state index in [-0.39, 0.29) is 5.91 Å². The van der Waals surface area contributed by atoms with E-state index in [1.807, 2.05) is 41.2 Å². The summed E-state index contributed by atoms with van der Waals surface area (Å²) in [6.45, 7) is 4.08. The number of methoxy groups -OCH3 is 1. The van der Waals surface area contributed by atoms with Gasteiger partial charge in [0.05, 0.1) is 6.54 Å². The van der Waals surface area contributed by atoms with Crippen molar-refractivity contribution in [3.63, 3.8) is 0 Å². The van der Waals surface area contributed by atoms with Gasteiger partial charge in [0.2, 0.25) is 0 Å². The fraction of sp³-hybridized carbons (Fsp3) is 0.333. The van der Waals surface area contributed by atoms with E-state index in [0.29, 0.717) is 6.54 Å². The highest BCUT2D eigenvalue weighted by molar-refractivity contribution is 5.97. The number of anilines is 1. The molecular weight excluding hydrogens is 254 g/mol. The maximum absolute atomic E-state index is 12.2. The Morgan fingerprint density at radius 1 is 1.35 bits per heavy atom. The van der Waals surface area contributed by atoms with E-state index in [1.54, 1.807) is 20.0 Å². The highest BCUT2D eigenvalue weighted by atomic mass is 16.5. The summed E-state index contributed by atoms with van der Waals surface area (Å²) >= 11 is 0. The van der Waals surface area contributed by atoms with Crippen LogP contribution < -0.4 is 5.32 Å². The summed E-state index contributed by atoms with van der Waals surface area (Å²) in [5, 5.41) is 7.09. The van der Waals surface area contributed by atoms with E-state index in [2.05, 4.69) is 10.4 Å². The smallest absolute Gasteiger partial charge is 0.256 e. The standard InChI is InChI=1S/C15H19N3O2/c1-15(2,20-3)14(19)17-13-8-5-4-7-12(13)11-18-10-6-9-16-18/h4-10H,11H2,1-3H3,(H,17,19). The monoisotopic (exact) mass is 273 g/mol. The zero-order valence-corrected chi connectivity index (χ0v) is 12.0. The Hall–Kier alpha value is -2.14. The number of benzene rings is 1. The third kappa shape index (κ3) is 3.24. The lowest BCUT2D eigenvalue weighted by atomic mass is 10.1. The molecule has 0 saturated carbocycles. The van der Waals surface area contributed by atoms with E-state index in [4.69, 9.17) is 4.74 Å². The number of hydrogen-bond donors (Lipinski definition) is 1. The number of nitrogens with one attached hydrogen (secondary N) is 1. The molecule has 0 aliphatic carbocycles. The number of hydrogen-bond acceptors (Lipinski definition) is 3. The Morgan fingerprint density at radius 2 is 2.10 bits per heavy atom. The van der Waals surface area contributed by atoms with Crippen molar-refractivity contribution in [3.05, 3.63) is 48.3 Å². The van der Waals surface area contributed by atoms with Gasteiger partial charge >= 0.3 is 0 Å². The predicted molar refractivity (Wildman–Crippen MR) is 77.5 cm³/mol. The molecule has 0 fully saturated rings. The van der Waals surface area contributed by atoms with Crippen LogP contribution in [0.5, 0.6) is 0 Å². The molecule has 20 heavy (non-hydrogen) atoms. The van der Waals surface area contributed by atoms with Gasteiger partial charge in [-0.3, -0.25) is 9.48 Å². The summed E-state index contributed by atoms with van der Waals surface area (Å²) in [5.41, 5.74) is 0.910. The minimum Gasteiger partial charge on any atom is -0.369 e. The Kier molecular flexibility index (Phi) is 4.20. The van der Waals surface area contributed by atoms with E-state index >= 15 is 0 Å². The largest absolute Gasteiger partial charge is 0.369 e. The first-order valence-corrected chi connectivity index (χ1v) is 6.45. The van der Waals surface area contributed by atoms with E-state index in [0.717, 1.165) is 11.3 Å². The first kappa shape index (κ1) is 14.3. The number of carbonyl (C=O) groups excluding carboxylic acids is 1. The molecule has 106 valence electrons. The van der Waals surface area contributed by atoms with Gasteiger partial charge in [0.25, 0.3) is 5.91 Å². The Balaban J connectivity index is 2.18. The van der Waals surface area contributed by atoms with Crippen LogP contribution in [-0.4, -0.2) is 28.4 Å². The van der Waals surface area contributed by atoms with Gasteiger partial charge in [-0.2, -0.15) is 5.10 Å². The van der Waals surface area contributed by atoms with Crippen molar-refractivity contribution in [1.29, 1.82) is 0 Å². The third-order valence-corrected chi connectivity index (χ3v) is 3.21. The van der Waals surface area contributed by atoms with E-state index in [9.17, 15) is 4.79 Å². The topological polar surface area (TPSA) is 56.1 Å². The van der Waals surface area contributed by atoms with Gasteiger partial charge in [0.1, 0.15) is 5.60 Å².